The molecular formula is C27H19ClFN5O2. The van der Waals surface area contributed by atoms with Gasteiger partial charge in [-0.15, -0.1) is 0 Å². The number of hydrogen-bond acceptors (Lipinski definition) is 5. The first-order valence-corrected chi connectivity index (χ1v) is 11.4. The maximum atomic E-state index is 13.6. The molecule has 0 unspecified atom stereocenters. The molecule has 2 aromatic carbocycles. The van der Waals surface area contributed by atoms with Crippen molar-refractivity contribution in [1.29, 1.82) is 0 Å². The van der Waals surface area contributed by atoms with Crippen LogP contribution in [0.3, 0.4) is 0 Å². The van der Waals surface area contributed by atoms with E-state index < -0.39 is 17.2 Å². The smallest absolute Gasteiger partial charge is 0.268 e. The van der Waals surface area contributed by atoms with Crippen LogP contribution >= 0.6 is 11.6 Å². The molecule has 7 nitrogen and oxygen atoms in total. The molecule has 3 aromatic heterocycles. The normalized spacial score (nSPS) is 11.0. The van der Waals surface area contributed by atoms with Crippen LogP contribution in [-0.2, 0) is 6.54 Å². The zero-order chi connectivity index (χ0) is 25.2. The molecule has 2 N–H and O–H groups in total. The standard InChI is InChI=1S/C27H19ClFN5O2/c1-15-11-18(12-22(28)31-15)24-23(17-7-9-19(29)10-8-17)34-26-25(33-24)21(35)13-20(32-26)27(36)30-14-16-5-3-2-4-6-16/h2-13H,14H2,1H3,(H,30,36)(H,32,34,35). The number of hydrogen-bond donors (Lipinski definition) is 2. The summed E-state index contributed by atoms with van der Waals surface area (Å²) in [7, 11) is 0. The van der Waals surface area contributed by atoms with Gasteiger partial charge in [-0.2, -0.15) is 0 Å². The van der Waals surface area contributed by atoms with Gasteiger partial charge in [-0.3, -0.25) is 9.59 Å². The predicted molar refractivity (Wildman–Crippen MR) is 136 cm³/mol. The number of amides is 1. The van der Waals surface area contributed by atoms with Gasteiger partial charge in [0.05, 0.1) is 11.4 Å². The molecule has 0 saturated carbocycles. The van der Waals surface area contributed by atoms with Crippen LogP contribution < -0.4 is 10.7 Å². The van der Waals surface area contributed by atoms with Crippen LogP contribution in [0.15, 0.2) is 77.6 Å². The Labute approximate surface area is 210 Å². The maximum absolute atomic E-state index is 13.6. The van der Waals surface area contributed by atoms with Gasteiger partial charge in [0.1, 0.15) is 16.7 Å². The molecule has 0 bridgehead atoms. The van der Waals surface area contributed by atoms with Crippen molar-refractivity contribution in [1.82, 2.24) is 25.3 Å². The number of pyridine rings is 2. The van der Waals surface area contributed by atoms with E-state index in [1.54, 1.807) is 31.2 Å². The molecule has 36 heavy (non-hydrogen) atoms. The van der Waals surface area contributed by atoms with E-state index in [1.165, 1.54) is 18.2 Å². The monoisotopic (exact) mass is 499 g/mol. The lowest BCUT2D eigenvalue weighted by Gasteiger charge is -2.12. The van der Waals surface area contributed by atoms with Crippen molar-refractivity contribution >= 4 is 28.7 Å². The Kier molecular flexibility index (Phi) is 6.26. The lowest BCUT2D eigenvalue weighted by molar-refractivity contribution is 0.0946. The third-order valence-corrected chi connectivity index (χ3v) is 5.71. The average Bonchev–Trinajstić information content (AvgIpc) is 2.87. The van der Waals surface area contributed by atoms with E-state index in [2.05, 4.69) is 25.3 Å². The molecule has 9 heteroatoms. The largest absolute Gasteiger partial charge is 0.347 e. The van der Waals surface area contributed by atoms with Crippen LogP contribution in [0.1, 0.15) is 21.7 Å². The number of aryl methyl sites for hydroxylation is 1. The molecule has 0 aliphatic carbocycles. The molecule has 0 radical (unpaired) electrons. The molecule has 5 rings (SSSR count). The van der Waals surface area contributed by atoms with E-state index in [-0.39, 0.29) is 22.0 Å². The van der Waals surface area contributed by atoms with Crippen LogP contribution in [0.4, 0.5) is 4.39 Å². The summed E-state index contributed by atoms with van der Waals surface area (Å²) in [6, 6.07) is 19.8. The highest BCUT2D eigenvalue weighted by molar-refractivity contribution is 6.29. The second-order valence-electron chi connectivity index (χ2n) is 8.16. The van der Waals surface area contributed by atoms with Crippen LogP contribution in [0.5, 0.6) is 0 Å². The Morgan fingerprint density at radius 3 is 2.39 bits per heavy atom. The van der Waals surface area contributed by atoms with Crippen molar-refractivity contribution in [3.05, 3.63) is 111 Å². The van der Waals surface area contributed by atoms with Gasteiger partial charge in [0.25, 0.3) is 5.91 Å². The SMILES string of the molecule is Cc1cc(-c2nc3c(=O)cc(C(=O)NCc4ccccc4)[nH]c3nc2-c2ccc(F)cc2)cc(Cl)n1. The quantitative estimate of drug-likeness (QED) is 0.328. The molecule has 0 saturated heterocycles. The minimum absolute atomic E-state index is 0.0540. The topological polar surface area (TPSA) is 101 Å². The van der Waals surface area contributed by atoms with E-state index in [0.29, 0.717) is 34.8 Å². The summed E-state index contributed by atoms with van der Waals surface area (Å²) in [5.41, 5.74) is 3.30. The lowest BCUT2D eigenvalue weighted by atomic mass is 10.0. The Morgan fingerprint density at radius 2 is 1.67 bits per heavy atom. The van der Waals surface area contributed by atoms with E-state index >= 15 is 0 Å². The number of carbonyl (C=O) groups excluding carboxylic acids is 1. The first kappa shape index (κ1) is 23.3. The zero-order valence-electron chi connectivity index (χ0n) is 19.0. The molecule has 1 amide bonds. The molecule has 0 atom stereocenters. The van der Waals surface area contributed by atoms with Crippen molar-refractivity contribution in [2.45, 2.75) is 13.5 Å². The molecule has 0 aliphatic heterocycles. The van der Waals surface area contributed by atoms with Gasteiger partial charge in [-0.05, 0) is 48.9 Å². The van der Waals surface area contributed by atoms with E-state index in [4.69, 9.17) is 11.6 Å². The number of benzene rings is 2. The Balaban J connectivity index is 1.63. The first-order chi connectivity index (χ1) is 17.4. The fourth-order valence-electron chi connectivity index (χ4n) is 3.83. The number of aromatic amines is 1. The molecule has 0 aliphatic rings. The van der Waals surface area contributed by atoms with Gasteiger partial charge in [0, 0.05) is 29.4 Å². The fourth-order valence-corrected chi connectivity index (χ4v) is 4.08. The van der Waals surface area contributed by atoms with Gasteiger partial charge in [0.2, 0.25) is 5.43 Å². The van der Waals surface area contributed by atoms with Gasteiger partial charge >= 0.3 is 0 Å². The minimum Gasteiger partial charge on any atom is -0.347 e. The van der Waals surface area contributed by atoms with Crippen molar-refractivity contribution in [2.24, 2.45) is 0 Å². The number of fused-ring (bicyclic) bond motifs is 1. The number of rotatable bonds is 5. The number of aromatic nitrogens is 4. The van der Waals surface area contributed by atoms with Crippen molar-refractivity contribution in [3.8, 4) is 22.5 Å². The summed E-state index contributed by atoms with van der Waals surface area (Å²) in [5, 5.41) is 3.05. The number of nitrogens with one attached hydrogen (secondary N) is 2. The summed E-state index contributed by atoms with van der Waals surface area (Å²) in [4.78, 5) is 42.1. The average molecular weight is 500 g/mol. The lowest BCUT2D eigenvalue weighted by Crippen LogP contribution is -2.25. The minimum atomic E-state index is -0.468. The number of halogens is 2. The fraction of sp³-hybridized carbons (Fsp3) is 0.0741. The molecule has 3 heterocycles. The van der Waals surface area contributed by atoms with Gasteiger partial charge in [0.15, 0.2) is 11.2 Å². The summed E-state index contributed by atoms with van der Waals surface area (Å²) >= 11 is 6.18. The summed E-state index contributed by atoms with van der Waals surface area (Å²) < 4.78 is 13.6. The van der Waals surface area contributed by atoms with Crippen LogP contribution in [-0.4, -0.2) is 25.8 Å². The summed E-state index contributed by atoms with van der Waals surface area (Å²) in [6.45, 7) is 2.09. The second-order valence-corrected chi connectivity index (χ2v) is 8.55. The molecule has 0 spiro atoms. The van der Waals surface area contributed by atoms with Crippen LogP contribution in [0, 0.1) is 12.7 Å². The Hall–Kier alpha value is -4.43. The number of carbonyl (C=O) groups is 1. The number of nitrogens with zero attached hydrogens (tertiary/aromatic N) is 3. The van der Waals surface area contributed by atoms with Crippen molar-refractivity contribution in [3.63, 3.8) is 0 Å². The van der Waals surface area contributed by atoms with Crippen molar-refractivity contribution in [2.75, 3.05) is 0 Å². The molecule has 5 aromatic rings. The molecule has 0 fully saturated rings. The van der Waals surface area contributed by atoms with E-state index in [1.807, 2.05) is 30.3 Å². The third kappa shape index (κ3) is 4.85. The highest BCUT2D eigenvalue weighted by Gasteiger charge is 2.18. The Bertz CT molecular complexity index is 1630. The third-order valence-electron chi connectivity index (χ3n) is 5.51. The van der Waals surface area contributed by atoms with Crippen molar-refractivity contribution < 1.29 is 9.18 Å². The van der Waals surface area contributed by atoms with Crippen LogP contribution in [0.2, 0.25) is 5.15 Å². The highest BCUT2D eigenvalue weighted by atomic mass is 35.5. The van der Waals surface area contributed by atoms with E-state index in [9.17, 15) is 14.0 Å². The highest BCUT2D eigenvalue weighted by Crippen LogP contribution is 2.31. The zero-order valence-corrected chi connectivity index (χ0v) is 19.8. The predicted octanol–water partition coefficient (Wildman–Crippen LogP) is 5.08. The number of H-pyrrole nitrogens is 1. The van der Waals surface area contributed by atoms with Gasteiger partial charge in [-0.1, -0.05) is 41.9 Å². The van der Waals surface area contributed by atoms with Crippen LogP contribution in [0.25, 0.3) is 33.7 Å². The molecule has 178 valence electrons. The Morgan fingerprint density at radius 1 is 0.944 bits per heavy atom. The molecular weight excluding hydrogens is 481 g/mol. The van der Waals surface area contributed by atoms with E-state index in [0.717, 1.165) is 5.56 Å². The summed E-state index contributed by atoms with van der Waals surface area (Å²) in [6.07, 6.45) is 0. The second kappa shape index (κ2) is 9.67. The maximum Gasteiger partial charge on any atom is 0.268 e. The van der Waals surface area contributed by atoms with Gasteiger partial charge < -0.3 is 10.3 Å². The summed E-state index contributed by atoms with van der Waals surface area (Å²) in [5.74, 6) is -0.855. The first-order valence-electron chi connectivity index (χ1n) is 11.0. The van der Waals surface area contributed by atoms with Gasteiger partial charge in [-0.25, -0.2) is 19.3 Å².